The van der Waals surface area contributed by atoms with Gasteiger partial charge in [-0.3, -0.25) is 0 Å². The number of hydrogen-bond acceptors (Lipinski definition) is 6. The van der Waals surface area contributed by atoms with Gasteiger partial charge in [0.15, 0.2) is 11.8 Å². The standard InChI is InChI=1S/C14H14N4O4/c1-7(14(19)20)18-13(15-16-17-18)12-11-6-9(21-3)4-5-10(11)8(2)22-12/h4-7H,1-3H3,(H,19,20). The molecule has 0 spiro atoms. The zero-order valence-electron chi connectivity index (χ0n) is 12.3. The summed E-state index contributed by atoms with van der Waals surface area (Å²) in [4.78, 5) is 11.2. The Balaban J connectivity index is 2.23. The number of fused-ring (bicyclic) bond motifs is 1. The number of benzene rings is 1. The van der Waals surface area contributed by atoms with Gasteiger partial charge in [0.1, 0.15) is 11.5 Å². The van der Waals surface area contributed by atoms with Crippen molar-refractivity contribution in [2.24, 2.45) is 0 Å². The van der Waals surface area contributed by atoms with Crippen molar-refractivity contribution in [2.45, 2.75) is 19.9 Å². The Bertz CT molecular complexity index is 852. The van der Waals surface area contributed by atoms with Gasteiger partial charge in [-0.05, 0) is 42.5 Å². The fourth-order valence-corrected chi connectivity index (χ4v) is 2.28. The molecule has 2 heterocycles. The van der Waals surface area contributed by atoms with E-state index in [0.29, 0.717) is 17.3 Å². The number of furan rings is 1. The van der Waals surface area contributed by atoms with Gasteiger partial charge in [-0.15, -0.1) is 5.10 Å². The molecule has 1 unspecified atom stereocenters. The van der Waals surface area contributed by atoms with Crippen LogP contribution in [0.4, 0.5) is 0 Å². The second-order valence-corrected chi connectivity index (χ2v) is 4.86. The van der Waals surface area contributed by atoms with E-state index in [1.165, 1.54) is 11.6 Å². The van der Waals surface area contributed by atoms with Crippen molar-refractivity contribution in [1.82, 2.24) is 20.2 Å². The molecule has 0 saturated carbocycles. The number of hydrogen-bond donors (Lipinski definition) is 1. The van der Waals surface area contributed by atoms with Crippen LogP contribution in [0.25, 0.3) is 22.4 Å². The highest BCUT2D eigenvalue weighted by molar-refractivity contribution is 5.95. The molecule has 2 aromatic heterocycles. The predicted molar refractivity (Wildman–Crippen MR) is 76.7 cm³/mol. The van der Waals surface area contributed by atoms with Crippen LogP contribution < -0.4 is 4.74 Å². The monoisotopic (exact) mass is 302 g/mol. The highest BCUT2D eigenvalue weighted by Crippen LogP contribution is 2.35. The number of carbonyl (C=O) groups is 1. The van der Waals surface area contributed by atoms with Gasteiger partial charge in [-0.25, -0.2) is 9.48 Å². The average Bonchev–Trinajstić information content (AvgIpc) is 3.10. The topological polar surface area (TPSA) is 103 Å². The van der Waals surface area contributed by atoms with Crippen LogP contribution in [0.15, 0.2) is 22.6 Å². The zero-order valence-corrected chi connectivity index (χ0v) is 12.3. The summed E-state index contributed by atoms with van der Waals surface area (Å²) in [6, 6.07) is 4.62. The summed E-state index contributed by atoms with van der Waals surface area (Å²) in [7, 11) is 1.57. The molecular weight excluding hydrogens is 288 g/mol. The van der Waals surface area contributed by atoms with Gasteiger partial charge in [0.05, 0.1) is 7.11 Å². The fourth-order valence-electron chi connectivity index (χ4n) is 2.28. The van der Waals surface area contributed by atoms with Gasteiger partial charge in [-0.1, -0.05) is 0 Å². The first-order valence-electron chi connectivity index (χ1n) is 6.61. The summed E-state index contributed by atoms with van der Waals surface area (Å²) in [5.74, 6) is 1.02. The third-order valence-electron chi connectivity index (χ3n) is 3.53. The molecule has 0 saturated heterocycles. The van der Waals surface area contributed by atoms with Crippen LogP contribution in [0, 0.1) is 6.92 Å². The van der Waals surface area contributed by atoms with E-state index in [0.717, 1.165) is 10.8 Å². The number of tetrazole rings is 1. The molecule has 1 atom stereocenters. The maximum atomic E-state index is 11.2. The lowest BCUT2D eigenvalue weighted by molar-refractivity contribution is -0.140. The van der Waals surface area contributed by atoms with Gasteiger partial charge >= 0.3 is 5.97 Å². The van der Waals surface area contributed by atoms with Crippen molar-refractivity contribution >= 4 is 16.7 Å². The molecule has 0 bridgehead atoms. The number of aromatic nitrogens is 4. The number of carboxylic acids is 1. The summed E-state index contributed by atoms with van der Waals surface area (Å²) in [5, 5.41) is 22.1. The average molecular weight is 302 g/mol. The highest BCUT2D eigenvalue weighted by atomic mass is 16.5. The first-order chi connectivity index (χ1) is 10.5. The second-order valence-electron chi connectivity index (χ2n) is 4.86. The number of nitrogens with zero attached hydrogens (tertiary/aromatic N) is 4. The van der Waals surface area contributed by atoms with Crippen LogP contribution in [0.1, 0.15) is 18.7 Å². The third-order valence-corrected chi connectivity index (χ3v) is 3.53. The minimum atomic E-state index is -1.03. The Morgan fingerprint density at radius 2 is 2.18 bits per heavy atom. The SMILES string of the molecule is COc1ccc2c(C)oc(-c3nnnn3C(C)C(=O)O)c2c1. The van der Waals surface area contributed by atoms with Gasteiger partial charge in [-0.2, -0.15) is 0 Å². The Morgan fingerprint density at radius 1 is 1.41 bits per heavy atom. The number of methoxy groups -OCH3 is 1. The number of aliphatic carboxylic acids is 1. The van der Waals surface area contributed by atoms with E-state index in [4.69, 9.17) is 14.3 Å². The smallest absolute Gasteiger partial charge is 0.328 e. The largest absolute Gasteiger partial charge is 0.497 e. The molecule has 0 amide bonds. The molecule has 22 heavy (non-hydrogen) atoms. The van der Waals surface area contributed by atoms with Crippen molar-refractivity contribution in [3.8, 4) is 17.3 Å². The molecule has 3 rings (SSSR count). The minimum absolute atomic E-state index is 0.265. The number of rotatable bonds is 4. The first kappa shape index (κ1) is 14.1. The maximum absolute atomic E-state index is 11.2. The van der Waals surface area contributed by atoms with E-state index in [1.54, 1.807) is 7.11 Å². The van der Waals surface area contributed by atoms with E-state index in [2.05, 4.69) is 15.5 Å². The van der Waals surface area contributed by atoms with E-state index >= 15 is 0 Å². The first-order valence-corrected chi connectivity index (χ1v) is 6.61. The Kier molecular flexibility index (Phi) is 3.28. The molecule has 8 nitrogen and oxygen atoms in total. The van der Waals surface area contributed by atoms with Crippen LogP contribution in [0.2, 0.25) is 0 Å². The molecule has 1 N–H and O–H groups in total. The Morgan fingerprint density at radius 3 is 2.86 bits per heavy atom. The van der Waals surface area contributed by atoms with Crippen molar-refractivity contribution < 1.29 is 19.1 Å². The summed E-state index contributed by atoms with van der Waals surface area (Å²) in [5.41, 5.74) is 0. The summed E-state index contributed by atoms with van der Waals surface area (Å²) in [6.45, 7) is 3.33. The maximum Gasteiger partial charge on any atom is 0.328 e. The van der Waals surface area contributed by atoms with E-state index in [9.17, 15) is 4.79 Å². The summed E-state index contributed by atoms with van der Waals surface area (Å²) in [6.07, 6.45) is 0. The lowest BCUT2D eigenvalue weighted by Crippen LogP contribution is -2.18. The fraction of sp³-hybridized carbons (Fsp3) is 0.286. The van der Waals surface area contributed by atoms with Crippen molar-refractivity contribution in [3.05, 3.63) is 24.0 Å². The zero-order chi connectivity index (χ0) is 15.9. The molecule has 0 fully saturated rings. The highest BCUT2D eigenvalue weighted by Gasteiger charge is 2.24. The number of ether oxygens (including phenoxy) is 1. The molecule has 114 valence electrons. The van der Waals surface area contributed by atoms with Crippen molar-refractivity contribution in [2.75, 3.05) is 7.11 Å². The second kappa shape index (κ2) is 5.14. The van der Waals surface area contributed by atoms with Crippen molar-refractivity contribution in [3.63, 3.8) is 0 Å². The quantitative estimate of drug-likeness (QED) is 0.786. The van der Waals surface area contributed by atoms with Crippen LogP contribution in [-0.4, -0.2) is 38.4 Å². The Hall–Kier alpha value is -2.90. The van der Waals surface area contributed by atoms with Crippen LogP contribution in [0.3, 0.4) is 0 Å². The van der Waals surface area contributed by atoms with Crippen molar-refractivity contribution in [1.29, 1.82) is 0 Å². The summed E-state index contributed by atoms with van der Waals surface area (Å²) < 4.78 is 12.2. The van der Waals surface area contributed by atoms with Gasteiger partial charge in [0, 0.05) is 10.8 Å². The third kappa shape index (κ3) is 2.09. The molecule has 0 aliphatic heterocycles. The van der Waals surface area contributed by atoms with Gasteiger partial charge < -0.3 is 14.3 Å². The molecule has 8 heteroatoms. The predicted octanol–water partition coefficient (Wildman–Crippen LogP) is 2.05. The van der Waals surface area contributed by atoms with E-state index < -0.39 is 12.0 Å². The summed E-state index contributed by atoms with van der Waals surface area (Å²) >= 11 is 0. The number of carboxylic acid groups (broad SMARTS) is 1. The van der Waals surface area contributed by atoms with Gasteiger partial charge in [0.25, 0.3) is 0 Å². The molecule has 0 aliphatic rings. The lowest BCUT2D eigenvalue weighted by atomic mass is 10.1. The molecule has 1 aromatic carbocycles. The molecule has 0 radical (unpaired) electrons. The van der Waals surface area contributed by atoms with Gasteiger partial charge in [0.2, 0.25) is 5.82 Å². The van der Waals surface area contributed by atoms with E-state index in [1.807, 2.05) is 25.1 Å². The van der Waals surface area contributed by atoms with Crippen LogP contribution >= 0.6 is 0 Å². The molecule has 3 aromatic rings. The number of aryl methyl sites for hydroxylation is 1. The lowest BCUT2D eigenvalue weighted by Gasteiger charge is -2.07. The minimum Gasteiger partial charge on any atom is -0.497 e. The molecule has 0 aliphatic carbocycles. The molecular formula is C14H14N4O4. The normalized spacial score (nSPS) is 12.5. The Labute approximate surface area is 125 Å². The van der Waals surface area contributed by atoms with Crippen LogP contribution in [-0.2, 0) is 4.79 Å². The van der Waals surface area contributed by atoms with E-state index in [-0.39, 0.29) is 5.82 Å². The van der Waals surface area contributed by atoms with Crippen LogP contribution in [0.5, 0.6) is 5.75 Å².